The minimum atomic E-state index is -0.278. The zero-order valence-corrected chi connectivity index (χ0v) is 10.4. The van der Waals surface area contributed by atoms with E-state index in [1.807, 2.05) is 0 Å². The van der Waals surface area contributed by atoms with Crippen LogP contribution in [0.25, 0.3) is 0 Å². The van der Waals surface area contributed by atoms with E-state index >= 15 is 0 Å². The number of hydrogen-bond donors (Lipinski definition) is 2. The first-order chi connectivity index (χ1) is 9.18. The zero-order valence-electron chi connectivity index (χ0n) is 10.4. The van der Waals surface area contributed by atoms with Crippen molar-refractivity contribution in [2.24, 2.45) is 29.6 Å². The molecule has 4 fully saturated rings. The molecular weight excluding hydrogens is 248 g/mol. The molecule has 2 N–H and O–H groups in total. The second-order valence-corrected chi connectivity index (χ2v) is 6.00. The third-order valence-corrected chi connectivity index (χ3v) is 4.89. The van der Waals surface area contributed by atoms with Crippen molar-refractivity contribution in [1.82, 2.24) is 10.6 Å². The molecule has 2 saturated heterocycles. The first-order valence-corrected chi connectivity index (χ1v) is 6.86. The quantitative estimate of drug-likeness (QED) is 0.581. The summed E-state index contributed by atoms with van der Waals surface area (Å²) in [6, 6.07) is 0. The van der Waals surface area contributed by atoms with Crippen LogP contribution in [0.4, 0.5) is 0 Å². The number of carbonyl (C=O) groups excluding carboxylic acids is 3. The molecule has 0 aromatic heterocycles. The fourth-order valence-corrected chi connectivity index (χ4v) is 3.73. The largest absolute Gasteiger partial charge is 0.461 e. The number of ether oxygens (including phenoxy) is 1. The summed E-state index contributed by atoms with van der Waals surface area (Å²) in [7, 11) is 0. The number of carbonyl (C=O) groups is 3. The minimum Gasteiger partial charge on any atom is -0.461 e. The first kappa shape index (κ1) is 11.5. The molecule has 6 heteroatoms. The molecule has 2 aliphatic carbocycles. The van der Waals surface area contributed by atoms with Gasteiger partial charge in [0.2, 0.25) is 0 Å². The summed E-state index contributed by atoms with van der Waals surface area (Å²) in [4.78, 5) is 35.3. The van der Waals surface area contributed by atoms with Crippen molar-refractivity contribution in [3.8, 4) is 0 Å². The Labute approximate surface area is 110 Å². The molecule has 102 valence electrons. The molecule has 0 amide bonds. The molecule has 4 rings (SSSR count). The van der Waals surface area contributed by atoms with Crippen molar-refractivity contribution < 1.29 is 19.1 Å². The molecule has 2 saturated carbocycles. The third-order valence-electron chi connectivity index (χ3n) is 4.89. The van der Waals surface area contributed by atoms with Gasteiger partial charge >= 0.3 is 5.97 Å². The maximum absolute atomic E-state index is 12.1. The topological polar surface area (TPSA) is 84.5 Å². The van der Waals surface area contributed by atoms with E-state index in [0.29, 0.717) is 19.6 Å². The van der Waals surface area contributed by atoms with E-state index in [9.17, 15) is 14.4 Å². The number of rotatable bonds is 2. The average Bonchev–Trinajstić information content (AvgIpc) is 3.25. The van der Waals surface area contributed by atoms with E-state index in [0.717, 1.165) is 6.54 Å². The first-order valence-electron chi connectivity index (χ1n) is 6.86. The Bertz CT molecular complexity index is 477. The lowest BCUT2D eigenvalue weighted by molar-refractivity contribution is -0.148. The molecule has 0 bridgehead atoms. The molecule has 0 aromatic rings. The van der Waals surface area contributed by atoms with Gasteiger partial charge in [-0.2, -0.15) is 0 Å². The standard InChI is InChI=1S/C13H16N2O4/c16-7-3-14-1-5-9(7)11(5)13(18)19-12-6-2-15-4-8(17)10(6)12/h5-6,9-12,14-15H,1-4H2. The summed E-state index contributed by atoms with van der Waals surface area (Å²) in [6.45, 7) is 2.20. The van der Waals surface area contributed by atoms with Crippen LogP contribution >= 0.6 is 0 Å². The van der Waals surface area contributed by atoms with Crippen LogP contribution in [-0.4, -0.2) is 49.8 Å². The number of Topliss-reactive ketones (excluding diaryl/α,β-unsaturated/α-hetero) is 2. The number of fused-ring (bicyclic) bond motifs is 2. The predicted molar refractivity (Wildman–Crippen MR) is 63.1 cm³/mol. The number of hydrogen-bond acceptors (Lipinski definition) is 6. The van der Waals surface area contributed by atoms with Crippen molar-refractivity contribution in [2.45, 2.75) is 6.10 Å². The summed E-state index contributed by atoms with van der Waals surface area (Å²) in [5, 5.41) is 6.04. The average molecular weight is 264 g/mol. The summed E-state index contributed by atoms with van der Waals surface area (Å²) < 4.78 is 5.46. The maximum Gasteiger partial charge on any atom is 0.310 e. The Morgan fingerprint density at radius 1 is 1.00 bits per heavy atom. The van der Waals surface area contributed by atoms with Gasteiger partial charge in [-0.25, -0.2) is 0 Å². The number of piperidine rings is 2. The van der Waals surface area contributed by atoms with Gasteiger partial charge in [0.1, 0.15) is 6.10 Å². The smallest absolute Gasteiger partial charge is 0.310 e. The van der Waals surface area contributed by atoms with Crippen molar-refractivity contribution in [3.05, 3.63) is 0 Å². The molecule has 0 spiro atoms. The highest BCUT2D eigenvalue weighted by Gasteiger charge is 2.64. The van der Waals surface area contributed by atoms with E-state index in [2.05, 4.69) is 10.6 Å². The molecule has 6 atom stereocenters. The fraction of sp³-hybridized carbons (Fsp3) is 0.769. The fourth-order valence-electron chi connectivity index (χ4n) is 3.73. The monoisotopic (exact) mass is 264 g/mol. The van der Waals surface area contributed by atoms with Crippen LogP contribution in [0.1, 0.15) is 0 Å². The number of esters is 1. The zero-order chi connectivity index (χ0) is 13.1. The van der Waals surface area contributed by atoms with Gasteiger partial charge in [0.05, 0.1) is 24.9 Å². The highest BCUT2D eigenvalue weighted by atomic mass is 16.6. The second-order valence-electron chi connectivity index (χ2n) is 6.00. The molecular formula is C13H16N2O4. The van der Waals surface area contributed by atoms with Gasteiger partial charge in [-0.15, -0.1) is 0 Å². The van der Waals surface area contributed by atoms with E-state index in [4.69, 9.17) is 4.74 Å². The molecule has 0 aromatic carbocycles. The lowest BCUT2D eigenvalue weighted by atomic mass is 10.1. The second kappa shape index (κ2) is 3.86. The molecule has 4 aliphatic rings. The highest BCUT2D eigenvalue weighted by Crippen LogP contribution is 2.51. The Morgan fingerprint density at radius 2 is 1.63 bits per heavy atom. The van der Waals surface area contributed by atoms with Gasteiger partial charge in [-0.1, -0.05) is 0 Å². The Kier molecular flexibility index (Phi) is 2.35. The van der Waals surface area contributed by atoms with Crippen LogP contribution < -0.4 is 10.6 Å². The van der Waals surface area contributed by atoms with Crippen molar-refractivity contribution >= 4 is 17.5 Å². The third kappa shape index (κ3) is 1.66. The van der Waals surface area contributed by atoms with Crippen LogP contribution in [-0.2, 0) is 19.1 Å². The minimum absolute atomic E-state index is 0.0974. The molecule has 2 aliphatic heterocycles. The lowest BCUT2D eigenvalue weighted by Gasteiger charge is -2.07. The van der Waals surface area contributed by atoms with E-state index in [1.54, 1.807) is 0 Å². The van der Waals surface area contributed by atoms with Gasteiger partial charge in [0, 0.05) is 18.4 Å². The van der Waals surface area contributed by atoms with Gasteiger partial charge in [-0.3, -0.25) is 14.4 Å². The van der Waals surface area contributed by atoms with E-state index in [-0.39, 0.29) is 53.2 Å². The summed E-state index contributed by atoms with van der Waals surface area (Å²) in [5.41, 5.74) is 0. The Morgan fingerprint density at radius 3 is 2.26 bits per heavy atom. The van der Waals surface area contributed by atoms with Gasteiger partial charge < -0.3 is 15.4 Å². The lowest BCUT2D eigenvalue weighted by Crippen LogP contribution is -2.31. The van der Waals surface area contributed by atoms with Crippen molar-refractivity contribution in [2.75, 3.05) is 26.2 Å². The molecule has 6 nitrogen and oxygen atoms in total. The Balaban J connectivity index is 1.38. The molecule has 6 unspecified atom stereocenters. The van der Waals surface area contributed by atoms with Crippen LogP contribution in [0, 0.1) is 29.6 Å². The van der Waals surface area contributed by atoms with Gasteiger partial charge in [-0.05, 0) is 12.5 Å². The van der Waals surface area contributed by atoms with Crippen LogP contribution in [0.3, 0.4) is 0 Å². The van der Waals surface area contributed by atoms with Crippen LogP contribution in [0.15, 0.2) is 0 Å². The summed E-state index contributed by atoms with van der Waals surface area (Å²) >= 11 is 0. The van der Waals surface area contributed by atoms with Gasteiger partial charge in [0.25, 0.3) is 0 Å². The van der Waals surface area contributed by atoms with Gasteiger partial charge in [0.15, 0.2) is 11.6 Å². The molecule has 2 heterocycles. The highest BCUT2D eigenvalue weighted by molar-refractivity contribution is 5.95. The van der Waals surface area contributed by atoms with E-state index < -0.39 is 0 Å². The maximum atomic E-state index is 12.1. The van der Waals surface area contributed by atoms with Crippen LogP contribution in [0.5, 0.6) is 0 Å². The molecule has 0 radical (unpaired) electrons. The Hall–Kier alpha value is -1.27. The van der Waals surface area contributed by atoms with E-state index in [1.165, 1.54) is 0 Å². The SMILES string of the molecule is O=C1CNCC2C(OC(=O)C3C4CNCC(=O)C43)C12. The number of nitrogens with one attached hydrogen (secondary N) is 2. The van der Waals surface area contributed by atoms with Crippen LogP contribution in [0.2, 0.25) is 0 Å². The normalized spacial score (nSPS) is 47.2. The van der Waals surface area contributed by atoms with Crippen molar-refractivity contribution in [3.63, 3.8) is 0 Å². The number of ketones is 2. The predicted octanol–water partition coefficient (Wildman–Crippen LogP) is -1.65. The summed E-state index contributed by atoms with van der Waals surface area (Å²) in [5.74, 6) is -0.261. The summed E-state index contributed by atoms with van der Waals surface area (Å²) in [6.07, 6.45) is -0.249. The molecule has 19 heavy (non-hydrogen) atoms. The van der Waals surface area contributed by atoms with Crippen molar-refractivity contribution in [1.29, 1.82) is 0 Å².